The van der Waals surface area contributed by atoms with Crippen LogP contribution in [0.5, 0.6) is 0 Å². The van der Waals surface area contributed by atoms with Gasteiger partial charge >= 0.3 is 0 Å². The highest BCUT2D eigenvalue weighted by molar-refractivity contribution is 7.89. The minimum Gasteiger partial charge on any atom is -0.339 e. The van der Waals surface area contributed by atoms with Crippen molar-refractivity contribution in [3.05, 3.63) is 64.9 Å². The molecule has 1 heterocycles. The van der Waals surface area contributed by atoms with Crippen LogP contribution in [0.3, 0.4) is 0 Å². The quantitative estimate of drug-likeness (QED) is 0.630. The van der Waals surface area contributed by atoms with Crippen molar-refractivity contribution in [1.82, 2.24) is 14.1 Å². The van der Waals surface area contributed by atoms with Gasteiger partial charge in [0.2, 0.25) is 15.9 Å². The molecule has 2 fully saturated rings. The van der Waals surface area contributed by atoms with Crippen molar-refractivity contribution in [1.29, 1.82) is 0 Å². The second kappa shape index (κ2) is 9.24. The highest BCUT2D eigenvalue weighted by atomic mass is 35.5. The van der Waals surface area contributed by atoms with Crippen LogP contribution in [0.25, 0.3) is 0 Å². The maximum Gasteiger partial charge on any atom is 0.243 e. The van der Waals surface area contributed by atoms with E-state index in [1.165, 1.54) is 15.9 Å². The Labute approximate surface area is 187 Å². The van der Waals surface area contributed by atoms with E-state index in [1.54, 1.807) is 4.90 Å². The summed E-state index contributed by atoms with van der Waals surface area (Å²) in [6.07, 6.45) is 2.21. The van der Waals surface area contributed by atoms with Crippen LogP contribution in [0, 0.1) is 5.82 Å². The lowest BCUT2D eigenvalue weighted by atomic mass is 10.2. The summed E-state index contributed by atoms with van der Waals surface area (Å²) in [5, 5.41) is -0.228. The number of amides is 1. The molecule has 0 unspecified atom stereocenters. The molecule has 4 rings (SSSR count). The van der Waals surface area contributed by atoms with Gasteiger partial charge in [-0.05, 0) is 36.6 Å². The number of carbonyl (C=O) groups excluding carboxylic acids is 1. The molecule has 31 heavy (non-hydrogen) atoms. The van der Waals surface area contributed by atoms with Crippen molar-refractivity contribution in [3.8, 4) is 0 Å². The molecule has 2 aromatic rings. The second-order valence-electron chi connectivity index (χ2n) is 7.98. The topological polar surface area (TPSA) is 60.9 Å². The molecule has 0 aromatic heterocycles. The molecule has 166 valence electrons. The molecule has 0 radical (unpaired) electrons. The summed E-state index contributed by atoms with van der Waals surface area (Å²) in [5.41, 5.74) is 1.18. The van der Waals surface area contributed by atoms with Gasteiger partial charge in [0, 0.05) is 38.8 Å². The predicted octanol–water partition coefficient (Wildman–Crippen LogP) is 2.98. The fourth-order valence-corrected chi connectivity index (χ4v) is 5.50. The van der Waals surface area contributed by atoms with Gasteiger partial charge in [-0.2, -0.15) is 4.31 Å². The van der Waals surface area contributed by atoms with Gasteiger partial charge in [-0.3, -0.25) is 9.69 Å². The number of carbonyl (C=O) groups is 1. The Hall–Kier alpha value is -2.00. The largest absolute Gasteiger partial charge is 0.339 e. The average molecular weight is 466 g/mol. The van der Waals surface area contributed by atoms with E-state index in [-0.39, 0.29) is 28.9 Å². The van der Waals surface area contributed by atoms with Crippen molar-refractivity contribution in [2.75, 3.05) is 32.7 Å². The first-order valence-electron chi connectivity index (χ1n) is 10.4. The van der Waals surface area contributed by atoms with Crippen LogP contribution in [-0.2, 0) is 21.4 Å². The van der Waals surface area contributed by atoms with Crippen LogP contribution in [0.15, 0.2) is 53.4 Å². The molecule has 1 aliphatic carbocycles. The lowest BCUT2D eigenvalue weighted by molar-refractivity contribution is -0.133. The number of piperazine rings is 1. The Morgan fingerprint density at radius 1 is 1.06 bits per heavy atom. The first-order valence-corrected chi connectivity index (χ1v) is 12.2. The van der Waals surface area contributed by atoms with E-state index in [0.717, 1.165) is 31.5 Å². The zero-order chi connectivity index (χ0) is 22.0. The van der Waals surface area contributed by atoms with Gasteiger partial charge in [0.25, 0.3) is 0 Å². The number of sulfonamides is 1. The van der Waals surface area contributed by atoms with E-state index in [2.05, 4.69) is 17.0 Å². The minimum absolute atomic E-state index is 0.0182. The SMILES string of the molecule is O=C(CN(Cc1ccccc1)C1CC1)N1CCN(S(=O)(=O)c2ccc(F)c(Cl)c2)CC1. The lowest BCUT2D eigenvalue weighted by Gasteiger charge is -2.35. The van der Waals surface area contributed by atoms with Crippen molar-refractivity contribution >= 4 is 27.5 Å². The average Bonchev–Trinajstić information content (AvgIpc) is 3.61. The van der Waals surface area contributed by atoms with Crippen molar-refractivity contribution in [2.45, 2.75) is 30.3 Å². The first kappa shape index (κ1) is 22.2. The van der Waals surface area contributed by atoms with Crippen molar-refractivity contribution < 1.29 is 17.6 Å². The van der Waals surface area contributed by atoms with Crippen LogP contribution in [0.1, 0.15) is 18.4 Å². The van der Waals surface area contributed by atoms with E-state index in [4.69, 9.17) is 11.6 Å². The molecule has 0 spiro atoms. The monoisotopic (exact) mass is 465 g/mol. The summed E-state index contributed by atoms with van der Waals surface area (Å²) in [4.78, 5) is 16.8. The molecule has 2 aliphatic rings. The number of benzene rings is 2. The molecule has 0 bridgehead atoms. The van der Waals surface area contributed by atoms with Crippen LogP contribution in [0.2, 0.25) is 5.02 Å². The molecule has 0 atom stereocenters. The van der Waals surface area contributed by atoms with E-state index >= 15 is 0 Å². The molecule has 0 N–H and O–H groups in total. The summed E-state index contributed by atoms with van der Waals surface area (Å²) in [5.74, 6) is -0.642. The van der Waals surface area contributed by atoms with Gasteiger partial charge in [-0.15, -0.1) is 0 Å². The summed E-state index contributed by atoms with van der Waals surface area (Å²) in [6, 6.07) is 13.9. The fourth-order valence-electron chi connectivity index (χ4n) is 3.81. The van der Waals surface area contributed by atoms with Gasteiger partial charge in [0.15, 0.2) is 0 Å². The summed E-state index contributed by atoms with van der Waals surface area (Å²) < 4.78 is 40.4. The highest BCUT2D eigenvalue weighted by Gasteiger charge is 2.34. The maximum absolute atomic E-state index is 13.4. The summed E-state index contributed by atoms with van der Waals surface area (Å²) in [7, 11) is -3.78. The Bertz CT molecular complexity index is 1040. The number of hydrogen-bond donors (Lipinski definition) is 0. The van der Waals surface area contributed by atoms with Crippen LogP contribution in [0.4, 0.5) is 4.39 Å². The van der Waals surface area contributed by atoms with Crippen LogP contribution < -0.4 is 0 Å². The van der Waals surface area contributed by atoms with Gasteiger partial charge < -0.3 is 4.90 Å². The maximum atomic E-state index is 13.4. The van der Waals surface area contributed by atoms with E-state index in [1.807, 2.05) is 18.2 Å². The Kier molecular flexibility index (Phi) is 6.62. The zero-order valence-electron chi connectivity index (χ0n) is 17.1. The normalized spacial score (nSPS) is 17.8. The zero-order valence-corrected chi connectivity index (χ0v) is 18.7. The summed E-state index contributed by atoms with van der Waals surface area (Å²) in [6.45, 7) is 2.13. The van der Waals surface area contributed by atoms with Crippen LogP contribution >= 0.6 is 11.6 Å². The van der Waals surface area contributed by atoms with Crippen molar-refractivity contribution in [2.24, 2.45) is 0 Å². The molecule has 1 amide bonds. The number of hydrogen-bond acceptors (Lipinski definition) is 4. The third kappa shape index (κ3) is 5.26. The van der Waals surface area contributed by atoms with E-state index in [0.29, 0.717) is 25.7 Å². The number of rotatable bonds is 7. The Morgan fingerprint density at radius 3 is 2.35 bits per heavy atom. The summed E-state index contributed by atoms with van der Waals surface area (Å²) >= 11 is 5.75. The third-order valence-electron chi connectivity index (χ3n) is 5.75. The Balaban J connectivity index is 1.35. The van der Waals surface area contributed by atoms with E-state index < -0.39 is 15.8 Å². The molecule has 1 aliphatic heterocycles. The van der Waals surface area contributed by atoms with Gasteiger partial charge in [0.05, 0.1) is 16.5 Å². The van der Waals surface area contributed by atoms with Crippen molar-refractivity contribution in [3.63, 3.8) is 0 Å². The van der Waals surface area contributed by atoms with Crippen LogP contribution in [-0.4, -0.2) is 67.2 Å². The molecule has 2 aromatic carbocycles. The van der Waals surface area contributed by atoms with Gasteiger partial charge in [-0.25, -0.2) is 12.8 Å². The smallest absolute Gasteiger partial charge is 0.243 e. The third-order valence-corrected chi connectivity index (χ3v) is 7.93. The Morgan fingerprint density at radius 2 is 1.74 bits per heavy atom. The molecule has 1 saturated heterocycles. The predicted molar refractivity (Wildman–Crippen MR) is 117 cm³/mol. The lowest BCUT2D eigenvalue weighted by Crippen LogP contribution is -2.52. The van der Waals surface area contributed by atoms with E-state index in [9.17, 15) is 17.6 Å². The first-order chi connectivity index (χ1) is 14.8. The fraction of sp³-hybridized carbons (Fsp3) is 0.409. The standard InChI is InChI=1S/C22H25ClFN3O3S/c23-20-14-19(8-9-21(20)24)31(29,30)27-12-10-25(11-13-27)22(28)16-26(18-6-7-18)15-17-4-2-1-3-5-17/h1-5,8-9,14,18H,6-7,10-13,15-16H2. The van der Waals surface area contributed by atoms with Gasteiger partial charge in [0.1, 0.15) is 5.82 Å². The highest BCUT2D eigenvalue weighted by Crippen LogP contribution is 2.28. The van der Waals surface area contributed by atoms with Gasteiger partial charge in [-0.1, -0.05) is 41.9 Å². The second-order valence-corrected chi connectivity index (χ2v) is 10.3. The minimum atomic E-state index is -3.78. The number of nitrogens with zero attached hydrogens (tertiary/aromatic N) is 3. The number of halogens is 2. The molecule has 6 nitrogen and oxygen atoms in total. The molecular weight excluding hydrogens is 441 g/mol. The molecule has 1 saturated carbocycles. The molecular formula is C22H25ClFN3O3S. The molecule has 9 heteroatoms.